The maximum absolute atomic E-state index is 12.5. The number of methoxy groups -OCH3 is 1. The monoisotopic (exact) mass is 395 g/mol. The molecule has 6 heteroatoms. The molecule has 1 aromatic carbocycles. The van der Waals surface area contributed by atoms with Gasteiger partial charge in [0, 0.05) is 16.7 Å². The predicted octanol–water partition coefficient (Wildman–Crippen LogP) is 2.81. The van der Waals surface area contributed by atoms with E-state index in [0.29, 0.717) is 36.0 Å². The van der Waals surface area contributed by atoms with Gasteiger partial charge in [-0.3, -0.25) is 4.79 Å². The van der Waals surface area contributed by atoms with Gasteiger partial charge in [0.15, 0.2) is 0 Å². The van der Waals surface area contributed by atoms with E-state index in [1.165, 1.54) is 0 Å². The molecule has 1 amide bonds. The van der Waals surface area contributed by atoms with Gasteiger partial charge in [-0.15, -0.1) is 0 Å². The lowest BCUT2D eigenvalue weighted by Crippen LogP contribution is -2.44. The van der Waals surface area contributed by atoms with Crippen LogP contribution >= 0.6 is 34.2 Å². The molecule has 1 saturated heterocycles. The summed E-state index contributed by atoms with van der Waals surface area (Å²) in [5.74, 6) is 0.489. The molecule has 0 spiro atoms. The Morgan fingerprint density at radius 1 is 1.58 bits per heavy atom. The second-order valence-corrected chi connectivity index (χ2v) is 5.97. The lowest BCUT2D eigenvalue weighted by atomic mass is 10.1. The number of morpholine rings is 1. The average molecular weight is 396 g/mol. The van der Waals surface area contributed by atoms with Gasteiger partial charge in [0.1, 0.15) is 5.75 Å². The van der Waals surface area contributed by atoms with Crippen LogP contribution in [0.2, 0.25) is 5.02 Å². The van der Waals surface area contributed by atoms with Crippen LogP contribution in [0.4, 0.5) is 0 Å². The summed E-state index contributed by atoms with van der Waals surface area (Å²) in [6.07, 6.45) is 0.0583. The molecule has 1 aliphatic heterocycles. The first-order valence-corrected chi connectivity index (χ1v) is 7.42. The Labute approximate surface area is 131 Å². The molecule has 104 valence electrons. The van der Waals surface area contributed by atoms with Crippen molar-refractivity contribution in [2.75, 3.05) is 26.8 Å². The van der Waals surface area contributed by atoms with Gasteiger partial charge in [-0.1, -0.05) is 11.6 Å². The van der Waals surface area contributed by atoms with E-state index >= 15 is 0 Å². The Kier molecular flexibility index (Phi) is 4.92. The molecule has 1 aliphatic rings. The molecule has 0 aromatic heterocycles. The van der Waals surface area contributed by atoms with Gasteiger partial charge >= 0.3 is 0 Å². The van der Waals surface area contributed by atoms with E-state index in [1.807, 2.05) is 6.92 Å². The number of benzene rings is 1. The highest BCUT2D eigenvalue weighted by molar-refractivity contribution is 14.1. The van der Waals surface area contributed by atoms with Crippen molar-refractivity contribution >= 4 is 40.1 Å². The number of amides is 1. The van der Waals surface area contributed by atoms with Crippen LogP contribution in [0.5, 0.6) is 5.75 Å². The molecule has 0 radical (unpaired) electrons. The zero-order chi connectivity index (χ0) is 14.0. The van der Waals surface area contributed by atoms with E-state index in [4.69, 9.17) is 21.1 Å². The fourth-order valence-electron chi connectivity index (χ4n) is 2.04. The second-order valence-electron chi connectivity index (χ2n) is 4.40. The third kappa shape index (κ3) is 3.32. The highest BCUT2D eigenvalue weighted by Crippen LogP contribution is 2.29. The summed E-state index contributed by atoms with van der Waals surface area (Å²) in [6.45, 7) is 3.70. The third-order valence-corrected chi connectivity index (χ3v) is 4.53. The molecule has 0 unspecified atom stereocenters. The van der Waals surface area contributed by atoms with Crippen molar-refractivity contribution in [3.8, 4) is 5.75 Å². The van der Waals surface area contributed by atoms with E-state index in [1.54, 1.807) is 24.1 Å². The second kappa shape index (κ2) is 6.28. The Bertz CT molecular complexity index is 495. The molecule has 0 aliphatic carbocycles. The van der Waals surface area contributed by atoms with Gasteiger partial charge in [0.2, 0.25) is 0 Å². The average Bonchev–Trinajstić information content (AvgIpc) is 2.40. The van der Waals surface area contributed by atoms with Crippen LogP contribution in [0.1, 0.15) is 17.3 Å². The first-order chi connectivity index (χ1) is 9.02. The molecule has 1 aromatic rings. The van der Waals surface area contributed by atoms with E-state index in [-0.39, 0.29) is 12.0 Å². The van der Waals surface area contributed by atoms with Crippen LogP contribution in [0.25, 0.3) is 0 Å². The Balaban J connectivity index is 2.30. The van der Waals surface area contributed by atoms with Gasteiger partial charge in [0.05, 0.1) is 30.4 Å². The molecule has 1 heterocycles. The van der Waals surface area contributed by atoms with Crippen molar-refractivity contribution in [2.45, 2.75) is 13.0 Å². The normalized spacial score (nSPS) is 19.4. The van der Waals surface area contributed by atoms with Gasteiger partial charge < -0.3 is 14.4 Å². The number of ether oxygens (including phenoxy) is 2. The van der Waals surface area contributed by atoms with Gasteiger partial charge in [-0.2, -0.15) is 0 Å². The lowest BCUT2D eigenvalue weighted by molar-refractivity contribution is -0.0125. The molecule has 1 fully saturated rings. The van der Waals surface area contributed by atoms with E-state index in [2.05, 4.69) is 22.6 Å². The highest BCUT2D eigenvalue weighted by atomic mass is 127. The zero-order valence-corrected chi connectivity index (χ0v) is 13.7. The third-order valence-electron chi connectivity index (χ3n) is 3.00. The quantitative estimate of drug-likeness (QED) is 0.723. The number of halogens is 2. The summed E-state index contributed by atoms with van der Waals surface area (Å²) in [7, 11) is 1.55. The van der Waals surface area contributed by atoms with Gasteiger partial charge in [-0.25, -0.2) is 0 Å². The van der Waals surface area contributed by atoms with Crippen LogP contribution in [-0.2, 0) is 4.74 Å². The van der Waals surface area contributed by atoms with Crippen molar-refractivity contribution < 1.29 is 14.3 Å². The molecule has 2 rings (SSSR count). The minimum absolute atomic E-state index is 0.0583. The van der Waals surface area contributed by atoms with Crippen molar-refractivity contribution in [1.82, 2.24) is 4.90 Å². The molecule has 0 bridgehead atoms. The Morgan fingerprint density at radius 3 is 2.95 bits per heavy atom. The standard InChI is InChI=1S/C13H15ClINO3/c1-8-7-16(3-4-19-8)13(17)9-5-10(14)11(15)6-12(9)18-2/h5-6,8H,3-4,7H2,1-2H3/t8-/m1/s1. The van der Waals surface area contributed by atoms with Gasteiger partial charge in [-0.05, 0) is 41.6 Å². The molecule has 19 heavy (non-hydrogen) atoms. The summed E-state index contributed by atoms with van der Waals surface area (Å²) in [4.78, 5) is 14.3. The SMILES string of the molecule is COc1cc(I)c(Cl)cc1C(=O)N1CCO[C@H](C)C1. The lowest BCUT2D eigenvalue weighted by Gasteiger charge is -2.31. The minimum atomic E-state index is -0.0645. The number of carbonyl (C=O) groups excluding carboxylic acids is 1. The molecule has 0 saturated carbocycles. The van der Waals surface area contributed by atoms with E-state index < -0.39 is 0 Å². The van der Waals surface area contributed by atoms with Crippen molar-refractivity contribution in [2.24, 2.45) is 0 Å². The fraction of sp³-hybridized carbons (Fsp3) is 0.462. The number of rotatable bonds is 2. The summed E-state index contributed by atoms with van der Waals surface area (Å²) in [5, 5.41) is 0.561. The van der Waals surface area contributed by atoms with Crippen LogP contribution in [0, 0.1) is 3.57 Å². The van der Waals surface area contributed by atoms with Crippen molar-refractivity contribution in [1.29, 1.82) is 0 Å². The summed E-state index contributed by atoms with van der Waals surface area (Å²) < 4.78 is 11.6. The fourth-order valence-corrected chi connectivity index (χ4v) is 2.64. The number of hydrogen-bond acceptors (Lipinski definition) is 3. The van der Waals surface area contributed by atoms with Crippen LogP contribution in [0.3, 0.4) is 0 Å². The first kappa shape index (κ1) is 14.9. The van der Waals surface area contributed by atoms with E-state index in [0.717, 1.165) is 3.57 Å². The topological polar surface area (TPSA) is 38.8 Å². The maximum atomic E-state index is 12.5. The largest absolute Gasteiger partial charge is 0.496 e. The number of hydrogen-bond donors (Lipinski definition) is 0. The summed E-state index contributed by atoms with van der Waals surface area (Å²) >= 11 is 8.21. The van der Waals surface area contributed by atoms with Gasteiger partial charge in [0.25, 0.3) is 5.91 Å². The molecule has 0 N–H and O–H groups in total. The van der Waals surface area contributed by atoms with Crippen LogP contribution in [0.15, 0.2) is 12.1 Å². The molecule has 1 atom stereocenters. The highest BCUT2D eigenvalue weighted by Gasteiger charge is 2.25. The maximum Gasteiger partial charge on any atom is 0.257 e. The zero-order valence-electron chi connectivity index (χ0n) is 10.8. The first-order valence-electron chi connectivity index (χ1n) is 5.97. The van der Waals surface area contributed by atoms with Crippen LogP contribution in [-0.4, -0.2) is 43.7 Å². The Hall–Kier alpha value is -0.530. The molecular formula is C13H15ClINO3. The summed E-state index contributed by atoms with van der Waals surface area (Å²) in [5.41, 5.74) is 0.502. The van der Waals surface area contributed by atoms with Crippen LogP contribution < -0.4 is 4.74 Å². The molecule has 4 nitrogen and oxygen atoms in total. The van der Waals surface area contributed by atoms with Crippen molar-refractivity contribution in [3.63, 3.8) is 0 Å². The predicted molar refractivity (Wildman–Crippen MR) is 82.0 cm³/mol. The minimum Gasteiger partial charge on any atom is -0.496 e. The molecular weight excluding hydrogens is 381 g/mol. The summed E-state index contributed by atoms with van der Waals surface area (Å²) in [6, 6.07) is 3.45. The number of nitrogens with zero attached hydrogens (tertiary/aromatic N) is 1. The Morgan fingerprint density at radius 2 is 2.32 bits per heavy atom. The van der Waals surface area contributed by atoms with Crippen molar-refractivity contribution in [3.05, 3.63) is 26.3 Å². The van der Waals surface area contributed by atoms with E-state index in [9.17, 15) is 4.79 Å². The smallest absolute Gasteiger partial charge is 0.257 e. The number of carbonyl (C=O) groups is 1.